The highest BCUT2D eigenvalue weighted by atomic mass is 19.3. The molecule has 0 spiro atoms. The molecular weight excluding hydrogens is 176 g/mol. The largest absolute Gasteiger partial charge is 0.469 e. The van der Waals surface area contributed by atoms with Crippen LogP contribution in [0.2, 0.25) is 0 Å². The molecule has 0 saturated carbocycles. The standard InChI is InChI=1S/C9H13F2NO/c1-7(9(10)11)12-5-4-8-3-2-6-13-8/h2-3,6-7,9,12H,4-5H2,1H3. The number of furan rings is 1. The van der Waals surface area contributed by atoms with E-state index in [2.05, 4.69) is 5.32 Å². The summed E-state index contributed by atoms with van der Waals surface area (Å²) in [5.74, 6) is 0.814. The maximum atomic E-state index is 12.0. The smallest absolute Gasteiger partial charge is 0.253 e. The lowest BCUT2D eigenvalue weighted by Crippen LogP contribution is -2.33. The Balaban J connectivity index is 2.14. The highest BCUT2D eigenvalue weighted by Gasteiger charge is 2.12. The van der Waals surface area contributed by atoms with Crippen LogP contribution < -0.4 is 5.32 Å². The maximum absolute atomic E-state index is 12.0. The van der Waals surface area contributed by atoms with Crippen molar-refractivity contribution in [2.45, 2.75) is 25.8 Å². The van der Waals surface area contributed by atoms with Crippen LogP contribution in [0.4, 0.5) is 8.78 Å². The predicted octanol–water partition coefficient (Wildman–Crippen LogP) is 2.07. The second-order valence-electron chi connectivity index (χ2n) is 2.91. The number of alkyl halides is 2. The molecule has 0 aliphatic heterocycles. The molecule has 13 heavy (non-hydrogen) atoms. The van der Waals surface area contributed by atoms with Crippen molar-refractivity contribution in [3.8, 4) is 0 Å². The SMILES string of the molecule is CC(NCCc1ccco1)C(F)F. The van der Waals surface area contributed by atoms with Crippen LogP contribution in [0.5, 0.6) is 0 Å². The zero-order chi connectivity index (χ0) is 9.68. The van der Waals surface area contributed by atoms with E-state index in [1.807, 2.05) is 6.07 Å². The minimum absolute atomic E-state index is 0.513. The van der Waals surface area contributed by atoms with Crippen molar-refractivity contribution in [3.05, 3.63) is 24.2 Å². The zero-order valence-electron chi connectivity index (χ0n) is 7.47. The Morgan fingerprint density at radius 1 is 1.54 bits per heavy atom. The second-order valence-corrected chi connectivity index (χ2v) is 2.91. The van der Waals surface area contributed by atoms with Crippen LogP contribution in [0, 0.1) is 0 Å². The van der Waals surface area contributed by atoms with Gasteiger partial charge in [-0.05, 0) is 19.1 Å². The molecule has 0 saturated heterocycles. The molecule has 0 radical (unpaired) electrons. The summed E-state index contributed by atoms with van der Waals surface area (Å²) in [4.78, 5) is 0. The van der Waals surface area contributed by atoms with Gasteiger partial charge in [0.15, 0.2) is 0 Å². The molecule has 74 valence electrons. The van der Waals surface area contributed by atoms with Gasteiger partial charge in [0, 0.05) is 13.0 Å². The molecule has 0 fully saturated rings. The number of nitrogens with one attached hydrogen (secondary N) is 1. The van der Waals surface area contributed by atoms with E-state index in [1.54, 1.807) is 12.3 Å². The minimum atomic E-state index is -2.31. The van der Waals surface area contributed by atoms with Crippen molar-refractivity contribution in [1.82, 2.24) is 5.32 Å². The molecule has 4 heteroatoms. The Morgan fingerprint density at radius 3 is 2.85 bits per heavy atom. The molecule has 0 aromatic carbocycles. The van der Waals surface area contributed by atoms with Crippen molar-refractivity contribution in [1.29, 1.82) is 0 Å². The molecule has 1 heterocycles. The summed E-state index contributed by atoms with van der Waals surface area (Å²) in [7, 11) is 0. The molecule has 0 amide bonds. The van der Waals surface area contributed by atoms with Gasteiger partial charge >= 0.3 is 0 Å². The molecule has 1 unspecified atom stereocenters. The fraction of sp³-hybridized carbons (Fsp3) is 0.556. The van der Waals surface area contributed by atoms with Crippen LogP contribution in [-0.4, -0.2) is 19.0 Å². The van der Waals surface area contributed by atoms with Gasteiger partial charge in [-0.1, -0.05) is 0 Å². The summed E-state index contributed by atoms with van der Waals surface area (Å²) >= 11 is 0. The third kappa shape index (κ3) is 3.55. The van der Waals surface area contributed by atoms with Crippen molar-refractivity contribution in [3.63, 3.8) is 0 Å². The van der Waals surface area contributed by atoms with Gasteiger partial charge in [0.2, 0.25) is 0 Å². The lowest BCUT2D eigenvalue weighted by Gasteiger charge is -2.11. The third-order valence-corrected chi connectivity index (χ3v) is 1.80. The third-order valence-electron chi connectivity index (χ3n) is 1.80. The molecular formula is C9H13F2NO. The monoisotopic (exact) mass is 189 g/mol. The maximum Gasteiger partial charge on any atom is 0.253 e. The summed E-state index contributed by atoms with van der Waals surface area (Å²) in [6.07, 6.45) is -0.0905. The zero-order valence-corrected chi connectivity index (χ0v) is 7.47. The van der Waals surface area contributed by atoms with Gasteiger partial charge in [-0.2, -0.15) is 0 Å². The topological polar surface area (TPSA) is 25.2 Å². The van der Waals surface area contributed by atoms with Crippen molar-refractivity contribution in [2.75, 3.05) is 6.54 Å². The summed E-state index contributed by atoms with van der Waals surface area (Å²) < 4.78 is 29.1. The van der Waals surface area contributed by atoms with Gasteiger partial charge in [-0.3, -0.25) is 0 Å². The molecule has 1 atom stereocenters. The van der Waals surface area contributed by atoms with Crippen LogP contribution in [0.1, 0.15) is 12.7 Å². The number of hydrogen-bond acceptors (Lipinski definition) is 2. The summed E-state index contributed by atoms with van der Waals surface area (Å²) in [6.45, 7) is 1.98. The van der Waals surface area contributed by atoms with E-state index in [9.17, 15) is 8.78 Å². The van der Waals surface area contributed by atoms with Gasteiger partial charge < -0.3 is 9.73 Å². The average molecular weight is 189 g/mol. The van der Waals surface area contributed by atoms with E-state index in [4.69, 9.17) is 4.42 Å². The molecule has 1 N–H and O–H groups in total. The number of halogens is 2. The Bertz CT molecular complexity index is 224. The Hall–Kier alpha value is -0.900. The van der Waals surface area contributed by atoms with Crippen LogP contribution >= 0.6 is 0 Å². The normalized spacial score (nSPS) is 13.5. The van der Waals surface area contributed by atoms with Crippen LogP contribution in [0.3, 0.4) is 0 Å². The summed E-state index contributed by atoms with van der Waals surface area (Å²) in [5, 5.41) is 2.71. The van der Waals surface area contributed by atoms with Gasteiger partial charge in [0.05, 0.1) is 12.3 Å². The Labute approximate surface area is 75.9 Å². The fourth-order valence-corrected chi connectivity index (χ4v) is 0.967. The van der Waals surface area contributed by atoms with Gasteiger partial charge in [0.1, 0.15) is 5.76 Å². The van der Waals surface area contributed by atoms with Crippen molar-refractivity contribution < 1.29 is 13.2 Å². The van der Waals surface area contributed by atoms with E-state index < -0.39 is 12.5 Å². The molecule has 0 aliphatic carbocycles. The van der Waals surface area contributed by atoms with Crippen molar-refractivity contribution >= 4 is 0 Å². The van der Waals surface area contributed by atoms with E-state index in [-0.39, 0.29) is 0 Å². The minimum Gasteiger partial charge on any atom is -0.469 e. The lowest BCUT2D eigenvalue weighted by molar-refractivity contribution is 0.106. The Kier molecular flexibility index (Phi) is 3.89. The quantitative estimate of drug-likeness (QED) is 0.767. The molecule has 1 rings (SSSR count). The van der Waals surface area contributed by atoms with Gasteiger partial charge in [-0.15, -0.1) is 0 Å². The highest BCUT2D eigenvalue weighted by Crippen LogP contribution is 2.02. The molecule has 0 bridgehead atoms. The van der Waals surface area contributed by atoms with Gasteiger partial charge in [-0.25, -0.2) is 8.78 Å². The molecule has 2 nitrogen and oxygen atoms in total. The predicted molar refractivity (Wildman–Crippen MR) is 45.9 cm³/mol. The molecule has 1 aromatic heterocycles. The summed E-state index contributed by atoms with van der Waals surface area (Å²) in [5.41, 5.74) is 0. The van der Waals surface area contributed by atoms with Crippen LogP contribution in [-0.2, 0) is 6.42 Å². The molecule has 0 aliphatic rings. The number of hydrogen-bond donors (Lipinski definition) is 1. The van der Waals surface area contributed by atoms with E-state index in [0.29, 0.717) is 13.0 Å². The highest BCUT2D eigenvalue weighted by molar-refractivity contribution is 4.98. The van der Waals surface area contributed by atoms with Crippen LogP contribution in [0.25, 0.3) is 0 Å². The first-order valence-electron chi connectivity index (χ1n) is 4.24. The van der Waals surface area contributed by atoms with E-state index in [0.717, 1.165) is 5.76 Å². The first-order valence-corrected chi connectivity index (χ1v) is 4.24. The number of rotatable bonds is 5. The fourth-order valence-electron chi connectivity index (χ4n) is 0.967. The first-order chi connectivity index (χ1) is 6.20. The van der Waals surface area contributed by atoms with E-state index >= 15 is 0 Å². The average Bonchev–Trinajstić information content (AvgIpc) is 2.56. The Morgan fingerprint density at radius 2 is 2.31 bits per heavy atom. The van der Waals surface area contributed by atoms with E-state index in [1.165, 1.54) is 6.92 Å². The van der Waals surface area contributed by atoms with Gasteiger partial charge in [0.25, 0.3) is 6.43 Å². The first kappa shape index (κ1) is 10.2. The second kappa shape index (κ2) is 4.97. The molecule has 1 aromatic rings. The van der Waals surface area contributed by atoms with Crippen molar-refractivity contribution in [2.24, 2.45) is 0 Å². The lowest BCUT2D eigenvalue weighted by atomic mass is 10.3. The van der Waals surface area contributed by atoms with Crippen LogP contribution in [0.15, 0.2) is 22.8 Å². The summed E-state index contributed by atoms with van der Waals surface area (Å²) in [6, 6.07) is 2.86.